The number of anilines is 1. The van der Waals surface area contributed by atoms with Crippen LogP contribution in [0.15, 0.2) is 59.1 Å². The fourth-order valence-electron chi connectivity index (χ4n) is 1.95. The van der Waals surface area contributed by atoms with E-state index in [4.69, 9.17) is 4.74 Å². The summed E-state index contributed by atoms with van der Waals surface area (Å²) < 4.78 is 44.2. The van der Waals surface area contributed by atoms with Gasteiger partial charge in [0.05, 0.1) is 11.3 Å². The minimum absolute atomic E-state index is 0.397. The maximum Gasteiger partial charge on any atom is 0.418 e. The number of esters is 1. The number of benzene rings is 2. The van der Waals surface area contributed by atoms with E-state index in [1.165, 1.54) is 18.2 Å². The highest BCUT2D eigenvalue weighted by atomic mass is 79.9. The third-order valence-corrected chi connectivity index (χ3v) is 3.66. The number of carbonyl (C=O) groups excluding carboxylic acids is 2. The van der Waals surface area contributed by atoms with Crippen molar-refractivity contribution < 1.29 is 27.5 Å². The molecule has 0 aliphatic carbocycles. The molecule has 0 aromatic heterocycles. The van der Waals surface area contributed by atoms with E-state index < -0.39 is 35.9 Å². The number of para-hydroxylation sites is 1. The largest absolute Gasteiger partial charge is 0.452 e. The highest BCUT2D eigenvalue weighted by Gasteiger charge is 2.33. The fourth-order valence-corrected chi connectivity index (χ4v) is 2.21. The zero-order chi connectivity index (χ0) is 19.2. The van der Waals surface area contributed by atoms with E-state index in [1.54, 1.807) is 24.3 Å². The van der Waals surface area contributed by atoms with Crippen LogP contribution in [-0.2, 0) is 20.5 Å². The second kappa shape index (κ2) is 8.66. The Morgan fingerprint density at radius 2 is 1.73 bits per heavy atom. The molecule has 0 spiro atoms. The van der Waals surface area contributed by atoms with Crippen molar-refractivity contribution in [3.05, 3.63) is 70.2 Å². The van der Waals surface area contributed by atoms with Gasteiger partial charge in [0, 0.05) is 10.5 Å². The molecule has 0 radical (unpaired) electrons. The summed E-state index contributed by atoms with van der Waals surface area (Å²) in [5.41, 5.74) is -0.630. The summed E-state index contributed by atoms with van der Waals surface area (Å²) in [6.45, 7) is -0.699. The van der Waals surface area contributed by atoms with Gasteiger partial charge in [-0.2, -0.15) is 13.2 Å². The van der Waals surface area contributed by atoms with E-state index in [-0.39, 0.29) is 0 Å². The Balaban J connectivity index is 1.89. The van der Waals surface area contributed by atoms with Crippen LogP contribution in [0.3, 0.4) is 0 Å². The second-order valence-electron chi connectivity index (χ2n) is 5.08. The van der Waals surface area contributed by atoms with Crippen molar-refractivity contribution in [2.75, 3.05) is 11.9 Å². The normalized spacial score (nSPS) is 11.4. The van der Waals surface area contributed by atoms with Crippen molar-refractivity contribution in [2.24, 2.45) is 0 Å². The van der Waals surface area contributed by atoms with Crippen LogP contribution in [0.25, 0.3) is 6.08 Å². The molecule has 136 valence electrons. The molecule has 4 nitrogen and oxygen atoms in total. The number of rotatable bonds is 5. The van der Waals surface area contributed by atoms with Crippen molar-refractivity contribution in [1.82, 2.24) is 0 Å². The lowest BCUT2D eigenvalue weighted by molar-refractivity contribution is -0.142. The topological polar surface area (TPSA) is 55.4 Å². The monoisotopic (exact) mass is 427 g/mol. The molecule has 8 heteroatoms. The minimum Gasteiger partial charge on any atom is -0.452 e. The molecule has 0 unspecified atom stereocenters. The van der Waals surface area contributed by atoms with E-state index >= 15 is 0 Å². The summed E-state index contributed by atoms with van der Waals surface area (Å²) in [6, 6.07) is 11.6. The zero-order valence-corrected chi connectivity index (χ0v) is 14.8. The quantitative estimate of drug-likeness (QED) is 0.557. The predicted octanol–water partition coefficient (Wildman–Crippen LogP) is 4.66. The van der Waals surface area contributed by atoms with Crippen molar-refractivity contribution in [3.63, 3.8) is 0 Å². The Bertz CT molecular complexity index is 817. The van der Waals surface area contributed by atoms with Gasteiger partial charge in [-0.15, -0.1) is 0 Å². The standard InChI is InChI=1S/C18H13BrF3NO3/c19-13-8-5-12(6-9-13)7-10-17(25)26-11-16(24)23-15-4-2-1-3-14(15)18(20,21)22/h1-10H,11H2,(H,23,24)/b10-7+. The summed E-state index contributed by atoms with van der Waals surface area (Å²) in [6.07, 6.45) is -1.99. The lowest BCUT2D eigenvalue weighted by Gasteiger charge is -2.13. The highest BCUT2D eigenvalue weighted by molar-refractivity contribution is 9.10. The molecular formula is C18H13BrF3NO3. The second-order valence-corrected chi connectivity index (χ2v) is 6.00. The van der Waals surface area contributed by atoms with Crippen LogP contribution < -0.4 is 5.32 Å². The average molecular weight is 428 g/mol. The van der Waals surface area contributed by atoms with E-state index in [1.807, 2.05) is 0 Å². The summed E-state index contributed by atoms with van der Waals surface area (Å²) in [4.78, 5) is 23.3. The lowest BCUT2D eigenvalue weighted by atomic mass is 10.1. The molecule has 26 heavy (non-hydrogen) atoms. The van der Waals surface area contributed by atoms with Crippen molar-refractivity contribution in [1.29, 1.82) is 0 Å². The van der Waals surface area contributed by atoms with Crippen LogP contribution in [0.4, 0.5) is 18.9 Å². The Morgan fingerprint density at radius 3 is 2.38 bits per heavy atom. The molecule has 0 saturated heterocycles. The van der Waals surface area contributed by atoms with Gasteiger partial charge in [0.1, 0.15) is 0 Å². The molecule has 1 N–H and O–H groups in total. The fraction of sp³-hybridized carbons (Fsp3) is 0.111. The van der Waals surface area contributed by atoms with Crippen LogP contribution in [0.2, 0.25) is 0 Å². The zero-order valence-electron chi connectivity index (χ0n) is 13.2. The van der Waals surface area contributed by atoms with Gasteiger partial charge in [-0.05, 0) is 35.9 Å². The summed E-state index contributed by atoms with van der Waals surface area (Å²) >= 11 is 3.28. The first-order valence-electron chi connectivity index (χ1n) is 7.32. The highest BCUT2D eigenvalue weighted by Crippen LogP contribution is 2.34. The van der Waals surface area contributed by atoms with E-state index in [0.29, 0.717) is 0 Å². The van der Waals surface area contributed by atoms with Crippen LogP contribution in [-0.4, -0.2) is 18.5 Å². The Morgan fingerprint density at radius 1 is 1.08 bits per heavy atom. The third-order valence-electron chi connectivity index (χ3n) is 3.13. The molecule has 2 aromatic rings. The molecule has 2 rings (SSSR count). The van der Waals surface area contributed by atoms with Gasteiger partial charge >= 0.3 is 12.1 Å². The van der Waals surface area contributed by atoms with Gasteiger partial charge in [0.25, 0.3) is 5.91 Å². The molecule has 0 atom stereocenters. The van der Waals surface area contributed by atoms with E-state index in [0.717, 1.165) is 28.2 Å². The van der Waals surface area contributed by atoms with Gasteiger partial charge in [-0.1, -0.05) is 40.2 Å². The maximum atomic E-state index is 12.9. The number of hydrogen-bond acceptors (Lipinski definition) is 3. The van der Waals surface area contributed by atoms with E-state index in [2.05, 4.69) is 21.2 Å². The van der Waals surface area contributed by atoms with Crippen molar-refractivity contribution in [3.8, 4) is 0 Å². The van der Waals surface area contributed by atoms with Gasteiger partial charge in [0.15, 0.2) is 6.61 Å². The van der Waals surface area contributed by atoms with Crippen LogP contribution in [0.5, 0.6) is 0 Å². The minimum atomic E-state index is -4.60. The number of halogens is 4. The number of nitrogens with one attached hydrogen (secondary N) is 1. The first-order chi connectivity index (χ1) is 12.3. The van der Waals surface area contributed by atoms with Crippen molar-refractivity contribution in [2.45, 2.75) is 6.18 Å². The molecule has 1 amide bonds. The molecule has 0 bridgehead atoms. The molecule has 0 aliphatic rings. The first kappa shape index (κ1) is 19.7. The number of ether oxygens (including phenoxy) is 1. The summed E-state index contributed by atoms with van der Waals surface area (Å²) in [7, 11) is 0. The van der Waals surface area contributed by atoms with Gasteiger partial charge in [0.2, 0.25) is 0 Å². The number of alkyl halides is 3. The van der Waals surface area contributed by atoms with E-state index in [9.17, 15) is 22.8 Å². The molecular weight excluding hydrogens is 415 g/mol. The van der Waals surface area contributed by atoms with Gasteiger partial charge in [-0.25, -0.2) is 4.79 Å². The van der Waals surface area contributed by atoms with Crippen LogP contribution in [0.1, 0.15) is 11.1 Å². The third kappa shape index (κ3) is 6.03. The first-order valence-corrected chi connectivity index (χ1v) is 8.11. The maximum absolute atomic E-state index is 12.9. The molecule has 2 aromatic carbocycles. The van der Waals surface area contributed by atoms with Gasteiger partial charge in [-0.3, -0.25) is 4.79 Å². The number of carbonyl (C=O) groups is 2. The SMILES string of the molecule is O=C(COC(=O)/C=C/c1ccc(Br)cc1)Nc1ccccc1C(F)(F)F. The average Bonchev–Trinajstić information content (AvgIpc) is 2.59. The Hall–Kier alpha value is -2.61. The number of amides is 1. The Labute approximate surface area is 155 Å². The van der Waals surface area contributed by atoms with Gasteiger partial charge < -0.3 is 10.1 Å². The lowest BCUT2D eigenvalue weighted by Crippen LogP contribution is -2.22. The molecule has 0 fully saturated rings. The summed E-state index contributed by atoms with van der Waals surface area (Å²) in [5.74, 6) is -1.65. The van der Waals surface area contributed by atoms with Crippen LogP contribution >= 0.6 is 15.9 Å². The molecule has 0 aliphatic heterocycles. The molecule has 0 heterocycles. The predicted molar refractivity (Wildman–Crippen MR) is 94.2 cm³/mol. The summed E-state index contributed by atoms with van der Waals surface area (Å²) in [5, 5.41) is 2.09. The number of hydrogen-bond donors (Lipinski definition) is 1. The Kier molecular flexibility index (Phi) is 6.57. The van der Waals surface area contributed by atoms with Crippen LogP contribution in [0, 0.1) is 0 Å². The van der Waals surface area contributed by atoms with Crippen molar-refractivity contribution >= 4 is 39.6 Å². The molecule has 0 saturated carbocycles. The smallest absolute Gasteiger partial charge is 0.418 e.